The van der Waals surface area contributed by atoms with Crippen molar-refractivity contribution in [3.05, 3.63) is 58.9 Å². The van der Waals surface area contributed by atoms with Crippen molar-refractivity contribution in [1.29, 1.82) is 0 Å². The number of amides is 1. The van der Waals surface area contributed by atoms with Gasteiger partial charge in [-0.2, -0.15) is 0 Å². The molecule has 2 fully saturated rings. The molecule has 2 N–H and O–H groups in total. The fourth-order valence-corrected chi connectivity index (χ4v) is 4.53. The fourth-order valence-electron chi connectivity index (χ4n) is 4.53. The zero-order valence-corrected chi connectivity index (χ0v) is 18.4. The summed E-state index contributed by atoms with van der Waals surface area (Å²) in [6.45, 7) is 3.89. The smallest absolute Gasteiger partial charge is 0.256 e. The van der Waals surface area contributed by atoms with E-state index in [1.807, 2.05) is 6.92 Å². The first-order chi connectivity index (χ1) is 15.5. The number of halogens is 3. The van der Waals surface area contributed by atoms with Gasteiger partial charge in [-0.15, -0.1) is 0 Å². The SMILES string of the molecule is CCc1ccc(Nc2c(C(=O)N3CC(NCC4CCCCC4)C3)ccc(F)c2F)c(F)c1. The van der Waals surface area contributed by atoms with E-state index in [0.29, 0.717) is 25.4 Å². The van der Waals surface area contributed by atoms with Gasteiger partial charge in [-0.05, 0) is 61.6 Å². The van der Waals surface area contributed by atoms with Crippen molar-refractivity contribution in [3.8, 4) is 0 Å². The van der Waals surface area contributed by atoms with E-state index in [-0.39, 0.29) is 23.0 Å². The van der Waals surface area contributed by atoms with E-state index < -0.39 is 23.4 Å². The predicted molar refractivity (Wildman–Crippen MR) is 120 cm³/mol. The van der Waals surface area contributed by atoms with E-state index >= 15 is 0 Å². The number of nitrogens with one attached hydrogen (secondary N) is 2. The molecule has 0 bridgehead atoms. The molecule has 0 unspecified atom stereocenters. The molecular formula is C25H30F3N3O. The average Bonchev–Trinajstić information content (AvgIpc) is 2.77. The minimum atomic E-state index is -1.19. The van der Waals surface area contributed by atoms with Crippen LogP contribution in [0.3, 0.4) is 0 Å². The van der Waals surface area contributed by atoms with Crippen molar-refractivity contribution in [2.24, 2.45) is 5.92 Å². The number of carbonyl (C=O) groups excluding carboxylic acids is 1. The van der Waals surface area contributed by atoms with Crippen LogP contribution in [0.5, 0.6) is 0 Å². The number of aryl methyl sites for hydroxylation is 1. The van der Waals surface area contributed by atoms with Gasteiger partial charge in [0, 0.05) is 19.1 Å². The molecule has 0 aromatic heterocycles. The minimum Gasteiger partial charge on any atom is -0.350 e. The summed E-state index contributed by atoms with van der Waals surface area (Å²) >= 11 is 0. The molecule has 1 saturated heterocycles. The van der Waals surface area contributed by atoms with Crippen molar-refractivity contribution in [3.63, 3.8) is 0 Å². The van der Waals surface area contributed by atoms with Crippen molar-refractivity contribution in [1.82, 2.24) is 10.2 Å². The van der Waals surface area contributed by atoms with Gasteiger partial charge in [0.25, 0.3) is 5.91 Å². The molecule has 0 radical (unpaired) electrons. The molecule has 2 aromatic rings. The molecule has 2 aromatic carbocycles. The molecule has 7 heteroatoms. The maximum Gasteiger partial charge on any atom is 0.256 e. The van der Waals surface area contributed by atoms with Gasteiger partial charge in [0.1, 0.15) is 5.82 Å². The third kappa shape index (κ3) is 4.93. The Morgan fingerprint density at radius 3 is 2.47 bits per heavy atom. The van der Waals surface area contributed by atoms with Crippen LogP contribution in [0.4, 0.5) is 24.5 Å². The number of hydrogen-bond donors (Lipinski definition) is 2. The Kier molecular flexibility index (Phi) is 7.04. The molecule has 4 rings (SSSR count). The second-order valence-electron chi connectivity index (χ2n) is 8.90. The first-order valence-electron chi connectivity index (χ1n) is 11.5. The second-order valence-corrected chi connectivity index (χ2v) is 8.90. The topological polar surface area (TPSA) is 44.4 Å². The van der Waals surface area contributed by atoms with E-state index in [0.717, 1.165) is 18.2 Å². The second kappa shape index (κ2) is 9.94. The number of carbonyl (C=O) groups is 1. The summed E-state index contributed by atoms with van der Waals surface area (Å²) in [6.07, 6.45) is 7.05. The number of benzene rings is 2. The van der Waals surface area contributed by atoms with Crippen LogP contribution in [-0.4, -0.2) is 36.5 Å². The molecule has 2 aliphatic rings. The van der Waals surface area contributed by atoms with Crippen LogP contribution in [0.1, 0.15) is 54.9 Å². The summed E-state index contributed by atoms with van der Waals surface area (Å²) in [5.41, 5.74) is 0.443. The van der Waals surface area contributed by atoms with Crippen LogP contribution in [0, 0.1) is 23.4 Å². The van der Waals surface area contributed by atoms with Crippen molar-refractivity contribution < 1.29 is 18.0 Å². The van der Waals surface area contributed by atoms with Gasteiger partial charge in [0.2, 0.25) is 0 Å². The Hall–Kier alpha value is -2.54. The zero-order chi connectivity index (χ0) is 22.7. The molecule has 0 atom stereocenters. The van der Waals surface area contributed by atoms with Crippen LogP contribution in [0.25, 0.3) is 0 Å². The highest BCUT2D eigenvalue weighted by molar-refractivity contribution is 6.01. The lowest BCUT2D eigenvalue weighted by molar-refractivity contribution is 0.0561. The monoisotopic (exact) mass is 445 g/mol. The highest BCUT2D eigenvalue weighted by atomic mass is 19.2. The summed E-state index contributed by atoms with van der Waals surface area (Å²) in [7, 11) is 0. The normalized spacial score (nSPS) is 17.3. The van der Waals surface area contributed by atoms with Gasteiger partial charge < -0.3 is 15.5 Å². The Labute approximate surface area is 187 Å². The maximum absolute atomic E-state index is 14.6. The van der Waals surface area contributed by atoms with Crippen molar-refractivity contribution in [2.45, 2.75) is 51.5 Å². The predicted octanol–water partition coefficient (Wildman–Crippen LogP) is 5.40. The molecule has 0 spiro atoms. The van der Waals surface area contributed by atoms with Gasteiger partial charge in [0.05, 0.1) is 16.9 Å². The summed E-state index contributed by atoms with van der Waals surface area (Å²) in [4.78, 5) is 14.6. The van der Waals surface area contributed by atoms with Crippen LogP contribution in [-0.2, 0) is 6.42 Å². The van der Waals surface area contributed by atoms with Gasteiger partial charge in [-0.25, -0.2) is 13.2 Å². The molecular weight excluding hydrogens is 415 g/mol. The van der Waals surface area contributed by atoms with Gasteiger partial charge >= 0.3 is 0 Å². The van der Waals surface area contributed by atoms with Crippen molar-refractivity contribution in [2.75, 3.05) is 25.0 Å². The summed E-state index contributed by atoms with van der Waals surface area (Å²) in [5.74, 6) is -2.56. The molecule has 1 aliphatic carbocycles. The Balaban J connectivity index is 1.43. The molecule has 4 nitrogen and oxygen atoms in total. The number of nitrogens with zero attached hydrogens (tertiary/aromatic N) is 1. The van der Waals surface area contributed by atoms with E-state index in [1.54, 1.807) is 11.0 Å². The van der Waals surface area contributed by atoms with Crippen LogP contribution < -0.4 is 10.6 Å². The Bertz CT molecular complexity index is 969. The summed E-state index contributed by atoms with van der Waals surface area (Å²) in [6, 6.07) is 6.93. The van der Waals surface area contributed by atoms with Crippen LogP contribution >= 0.6 is 0 Å². The van der Waals surface area contributed by atoms with Crippen LogP contribution in [0.2, 0.25) is 0 Å². The minimum absolute atomic E-state index is 0.00335. The third-order valence-electron chi connectivity index (χ3n) is 6.62. The highest BCUT2D eigenvalue weighted by Gasteiger charge is 2.33. The molecule has 1 amide bonds. The van der Waals surface area contributed by atoms with Crippen molar-refractivity contribution >= 4 is 17.3 Å². The third-order valence-corrected chi connectivity index (χ3v) is 6.62. The fraction of sp³-hybridized carbons (Fsp3) is 0.480. The number of likely N-dealkylation sites (tertiary alicyclic amines) is 1. The molecule has 1 saturated carbocycles. The lowest BCUT2D eigenvalue weighted by atomic mass is 9.89. The largest absolute Gasteiger partial charge is 0.350 e. The lowest BCUT2D eigenvalue weighted by Gasteiger charge is -2.41. The van der Waals surface area contributed by atoms with E-state index in [9.17, 15) is 18.0 Å². The van der Waals surface area contributed by atoms with Gasteiger partial charge in [0.15, 0.2) is 11.6 Å². The lowest BCUT2D eigenvalue weighted by Crippen LogP contribution is -2.60. The maximum atomic E-state index is 14.6. The van der Waals surface area contributed by atoms with Gasteiger partial charge in [-0.3, -0.25) is 4.79 Å². The molecule has 1 aliphatic heterocycles. The molecule has 1 heterocycles. The summed E-state index contributed by atoms with van der Waals surface area (Å²) in [5, 5.41) is 6.14. The molecule has 172 valence electrons. The summed E-state index contributed by atoms with van der Waals surface area (Å²) < 4.78 is 43.0. The first-order valence-corrected chi connectivity index (χ1v) is 11.5. The quantitative estimate of drug-likeness (QED) is 0.600. The van der Waals surface area contributed by atoms with Gasteiger partial charge in [-0.1, -0.05) is 32.3 Å². The zero-order valence-electron chi connectivity index (χ0n) is 18.4. The highest BCUT2D eigenvalue weighted by Crippen LogP contribution is 2.30. The average molecular weight is 446 g/mol. The molecule has 32 heavy (non-hydrogen) atoms. The number of hydrogen-bond acceptors (Lipinski definition) is 3. The number of rotatable bonds is 7. The van der Waals surface area contributed by atoms with Crippen LogP contribution in [0.15, 0.2) is 30.3 Å². The van der Waals surface area contributed by atoms with E-state index in [2.05, 4.69) is 10.6 Å². The van der Waals surface area contributed by atoms with E-state index in [4.69, 9.17) is 0 Å². The Morgan fingerprint density at radius 2 is 1.78 bits per heavy atom. The number of anilines is 2. The Morgan fingerprint density at radius 1 is 1.03 bits per heavy atom. The van der Waals surface area contributed by atoms with E-state index in [1.165, 1.54) is 50.3 Å². The first kappa shape index (κ1) is 22.6. The standard InChI is InChI=1S/C25H30F3N3O/c1-2-16-8-11-22(21(27)12-16)30-24-19(9-10-20(26)23(24)28)25(32)31-14-18(15-31)29-13-17-6-4-3-5-7-17/h8-12,17-18,29-30H,2-7,13-15H2,1H3.